The number of carbonyl (C=O) groups excluding carboxylic acids is 1. The Kier molecular flexibility index (Phi) is 3.11. The molecule has 0 fully saturated rings. The lowest BCUT2D eigenvalue weighted by atomic mass is 10.2. The average Bonchev–Trinajstić information content (AvgIpc) is 2.87. The summed E-state index contributed by atoms with van der Waals surface area (Å²) >= 11 is 3.31. The molecule has 3 aromatic rings. The first-order valence-electron chi connectivity index (χ1n) is 5.70. The maximum atomic E-state index is 11.0. The van der Waals surface area contributed by atoms with Crippen molar-refractivity contribution in [2.75, 3.05) is 0 Å². The maximum absolute atomic E-state index is 11.0. The molecular weight excluding hydrogens is 324 g/mol. The minimum absolute atomic E-state index is 0.371. The highest BCUT2D eigenvalue weighted by Crippen LogP contribution is 2.25. The van der Waals surface area contributed by atoms with E-state index in [0.717, 1.165) is 0 Å². The molecule has 1 aromatic carbocycles. The number of hydrogen-bond donors (Lipinski definition) is 1. The Balaban J connectivity index is 1.96. The van der Waals surface area contributed by atoms with Crippen LogP contribution in [0.4, 0.5) is 0 Å². The molecule has 20 heavy (non-hydrogen) atoms. The summed E-state index contributed by atoms with van der Waals surface area (Å²) in [5.41, 5.74) is 6.21. The Labute approximate surface area is 122 Å². The fourth-order valence-corrected chi connectivity index (χ4v) is 2.12. The van der Waals surface area contributed by atoms with Crippen LogP contribution in [0, 0.1) is 0 Å². The number of ether oxygens (including phenoxy) is 1. The smallest absolute Gasteiger partial charge is 0.264 e. The molecule has 0 radical (unpaired) electrons. The number of rotatable bonds is 3. The number of amides is 1. The van der Waals surface area contributed by atoms with E-state index in [1.165, 1.54) is 0 Å². The van der Waals surface area contributed by atoms with Crippen LogP contribution < -0.4 is 10.5 Å². The molecule has 0 aliphatic rings. The van der Waals surface area contributed by atoms with Crippen molar-refractivity contribution in [3.8, 4) is 11.6 Å². The predicted molar refractivity (Wildman–Crippen MR) is 75.7 cm³/mol. The molecule has 0 unspecified atom stereocenters. The van der Waals surface area contributed by atoms with Crippen molar-refractivity contribution >= 4 is 27.5 Å². The Morgan fingerprint density at radius 1 is 1.30 bits per heavy atom. The Morgan fingerprint density at radius 3 is 2.75 bits per heavy atom. The molecule has 7 heteroatoms. The fourth-order valence-electron chi connectivity index (χ4n) is 1.74. The van der Waals surface area contributed by atoms with Crippen LogP contribution in [0.25, 0.3) is 5.65 Å². The van der Waals surface area contributed by atoms with Crippen LogP contribution in [0.3, 0.4) is 0 Å². The van der Waals surface area contributed by atoms with Crippen LogP contribution in [-0.4, -0.2) is 20.3 Å². The molecular formula is C13H9BrN4O2. The van der Waals surface area contributed by atoms with Crippen molar-refractivity contribution in [1.29, 1.82) is 0 Å². The van der Waals surface area contributed by atoms with Crippen LogP contribution in [-0.2, 0) is 0 Å². The SMILES string of the molecule is NC(=O)c1ccc(Oc2nc(Br)cn3ccnc23)cc1. The van der Waals surface area contributed by atoms with E-state index in [9.17, 15) is 4.79 Å². The first-order chi connectivity index (χ1) is 9.63. The van der Waals surface area contributed by atoms with Crippen LogP contribution in [0.15, 0.2) is 47.5 Å². The van der Waals surface area contributed by atoms with E-state index in [1.807, 2.05) is 0 Å². The van der Waals surface area contributed by atoms with Gasteiger partial charge in [-0.2, -0.15) is 0 Å². The second kappa shape index (κ2) is 4.93. The van der Waals surface area contributed by atoms with Gasteiger partial charge < -0.3 is 10.5 Å². The molecule has 0 spiro atoms. The van der Waals surface area contributed by atoms with Crippen LogP contribution >= 0.6 is 15.9 Å². The zero-order chi connectivity index (χ0) is 14.1. The molecule has 0 saturated heterocycles. The van der Waals surface area contributed by atoms with Crippen molar-refractivity contribution in [1.82, 2.24) is 14.4 Å². The quantitative estimate of drug-likeness (QED) is 0.798. The molecule has 0 aliphatic carbocycles. The number of nitrogens with two attached hydrogens (primary N) is 1. The van der Waals surface area contributed by atoms with Gasteiger partial charge in [-0.15, -0.1) is 0 Å². The second-order valence-corrected chi connectivity index (χ2v) is 4.83. The van der Waals surface area contributed by atoms with Crippen molar-refractivity contribution in [2.24, 2.45) is 5.73 Å². The van der Waals surface area contributed by atoms with Gasteiger partial charge in [0.05, 0.1) is 0 Å². The van der Waals surface area contributed by atoms with E-state index >= 15 is 0 Å². The maximum Gasteiger partial charge on any atom is 0.264 e. The van der Waals surface area contributed by atoms with Crippen molar-refractivity contribution < 1.29 is 9.53 Å². The number of aromatic nitrogens is 3. The van der Waals surface area contributed by atoms with Crippen LogP contribution in [0.2, 0.25) is 0 Å². The van der Waals surface area contributed by atoms with E-state index in [2.05, 4.69) is 25.9 Å². The van der Waals surface area contributed by atoms with E-state index < -0.39 is 5.91 Å². The lowest BCUT2D eigenvalue weighted by Crippen LogP contribution is -2.10. The highest BCUT2D eigenvalue weighted by atomic mass is 79.9. The van der Waals surface area contributed by atoms with E-state index in [-0.39, 0.29) is 0 Å². The van der Waals surface area contributed by atoms with Gasteiger partial charge in [0.1, 0.15) is 10.4 Å². The number of primary amides is 1. The number of hydrogen-bond acceptors (Lipinski definition) is 4. The Hall–Kier alpha value is -2.41. The summed E-state index contributed by atoms with van der Waals surface area (Å²) in [7, 11) is 0. The molecule has 0 atom stereocenters. The van der Waals surface area contributed by atoms with E-state index in [1.54, 1.807) is 47.3 Å². The minimum Gasteiger partial charge on any atom is -0.436 e. The standard InChI is InChI=1S/C13H9BrN4O2/c14-10-7-18-6-5-16-12(18)13(17-10)20-9-3-1-8(2-4-9)11(15)19/h1-7H,(H2,15,19). The zero-order valence-corrected chi connectivity index (χ0v) is 11.7. The second-order valence-electron chi connectivity index (χ2n) is 4.02. The number of halogens is 1. The van der Waals surface area contributed by atoms with Gasteiger partial charge in [-0.05, 0) is 40.2 Å². The summed E-state index contributed by atoms with van der Waals surface area (Å²) in [5.74, 6) is 0.439. The molecule has 100 valence electrons. The van der Waals surface area contributed by atoms with Crippen molar-refractivity contribution in [3.63, 3.8) is 0 Å². The molecule has 2 N–H and O–H groups in total. The monoisotopic (exact) mass is 332 g/mol. The van der Waals surface area contributed by atoms with E-state index in [0.29, 0.717) is 27.4 Å². The molecule has 3 rings (SSSR count). The van der Waals surface area contributed by atoms with Gasteiger partial charge in [0, 0.05) is 24.2 Å². The summed E-state index contributed by atoms with van der Waals surface area (Å²) in [6.07, 6.45) is 5.24. The Bertz CT molecular complexity index is 783. The third kappa shape index (κ3) is 2.35. The summed E-state index contributed by atoms with van der Waals surface area (Å²) in [6.45, 7) is 0. The molecule has 1 amide bonds. The summed E-state index contributed by atoms with van der Waals surface area (Å²) < 4.78 is 8.12. The minimum atomic E-state index is -0.479. The van der Waals surface area contributed by atoms with Gasteiger partial charge in [0.2, 0.25) is 11.6 Å². The van der Waals surface area contributed by atoms with Gasteiger partial charge in [0.15, 0.2) is 0 Å². The van der Waals surface area contributed by atoms with Crippen molar-refractivity contribution in [3.05, 3.63) is 53.0 Å². The van der Waals surface area contributed by atoms with Gasteiger partial charge in [-0.1, -0.05) is 0 Å². The highest BCUT2D eigenvalue weighted by molar-refractivity contribution is 9.10. The normalized spacial score (nSPS) is 10.7. The number of nitrogens with zero attached hydrogens (tertiary/aromatic N) is 3. The first kappa shape index (κ1) is 12.6. The first-order valence-corrected chi connectivity index (χ1v) is 6.50. The molecule has 0 bridgehead atoms. The fraction of sp³-hybridized carbons (Fsp3) is 0. The third-order valence-electron chi connectivity index (χ3n) is 2.67. The van der Waals surface area contributed by atoms with E-state index in [4.69, 9.17) is 10.5 Å². The summed E-state index contributed by atoms with van der Waals surface area (Å²) in [6, 6.07) is 6.50. The average molecular weight is 333 g/mol. The lowest BCUT2D eigenvalue weighted by Gasteiger charge is -2.07. The Morgan fingerprint density at radius 2 is 2.05 bits per heavy atom. The van der Waals surface area contributed by atoms with Crippen molar-refractivity contribution in [2.45, 2.75) is 0 Å². The summed E-state index contributed by atoms with van der Waals surface area (Å²) in [5, 5.41) is 0. The molecule has 6 nitrogen and oxygen atoms in total. The number of imidazole rings is 1. The third-order valence-corrected chi connectivity index (χ3v) is 3.05. The summed E-state index contributed by atoms with van der Waals surface area (Å²) in [4.78, 5) is 19.4. The van der Waals surface area contributed by atoms with Gasteiger partial charge in [0.25, 0.3) is 5.88 Å². The highest BCUT2D eigenvalue weighted by Gasteiger charge is 2.09. The number of carbonyl (C=O) groups is 1. The van der Waals surface area contributed by atoms with Gasteiger partial charge in [-0.3, -0.25) is 9.20 Å². The van der Waals surface area contributed by atoms with Crippen LogP contribution in [0.1, 0.15) is 10.4 Å². The molecule has 2 heterocycles. The predicted octanol–water partition coefficient (Wildman–Crippen LogP) is 2.38. The zero-order valence-electron chi connectivity index (χ0n) is 10.2. The molecule has 0 aliphatic heterocycles. The largest absolute Gasteiger partial charge is 0.436 e. The topological polar surface area (TPSA) is 82.5 Å². The molecule has 2 aromatic heterocycles. The molecule has 0 saturated carbocycles. The van der Waals surface area contributed by atoms with Gasteiger partial charge in [-0.25, -0.2) is 9.97 Å². The number of fused-ring (bicyclic) bond motifs is 1. The number of benzene rings is 1. The van der Waals surface area contributed by atoms with Crippen LogP contribution in [0.5, 0.6) is 11.6 Å². The van der Waals surface area contributed by atoms with Gasteiger partial charge >= 0.3 is 0 Å². The lowest BCUT2D eigenvalue weighted by molar-refractivity contribution is 0.100.